The lowest BCUT2D eigenvalue weighted by molar-refractivity contribution is -0.141. The Morgan fingerprint density at radius 1 is 1.00 bits per heavy atom. The number of aliphatic carboxylic acids is 1. The van der Waals surface area contributed by atoms with Gasteiger partial charge in [-0.25, -0.2) is 9.59 Å². The van der Waals surface area contributed by atoms with E-state index in [0.29, 0.717) is 24.6 Å². The fourth-order valence-electron chi connectivity index (χ4n) is 4.03. The van der Waals surface area contributed by atoms with Gasteiger partial charge in [-0.2, -0.15) is 11.8 Å². The van der Waals surface area contributed by atoms with Crippen LogP contribution in [-0.4, -0.2) is 53.8 Å². The van der Waals surface area contributed by atoms with Crippen LogP contribution in [0.3, 0.4) is 0 Å². The lowest BCUT2D eigenvalue weighted by Gasteiger charge is -2.15. The van der Waals surface area contributed by atoms with Gasteiger partial charge >= 0.3 is 12.1 Å². The third-order valence-corrected chi connectivity index (χ3v) is 6.72. The molecular formula is C26H32N2O5S. The third kappa shape index (κ3) is 7.00. The summed E-state index contributed by atoms with van der Waals surface area (Å²) in [6, 6.07) is 15.5. The van der Waals surface area contributed by atoms with E-state index in [1.165, 1.54) is 22.9 Å². The van der Waals surface area contributed by atoms with Gasteiger partial charge in [0.1, 0.15) is 12.6 Å². The Morgan fingerprint density at radius 2 is 1.62 bits per heavy atom. The Kier molecular flexibility index (Phi) is 9.39. The Labute approximate surface area is 204 Å². The predicted molar refractivity (Wildman–Crippen MR) is 134 cm³/mol. The van der Waals surface area contributed by atoms with E-state index < -0.39 is 18.1 Å². The number of thioether (sulfide) groups is 1. The normalized spacial score (nSPS) is 13.1. The van der Waals surface area contributed by atoms with Gasteiger partial charge < -0.3 is 20.5 Å². The monoisotopic (exact) mass is 484 g/mol. The van der Waals surface area contributed by atoms with E-state index >= 15 is 0 Å². The number of hydrogen-bond acceptors (Lipinski definition) is 5. The highest BCUT2D eigenvalue weighted by Gasteiger charge is 2.29. The summed E-state index contributed by atoms with van der Waals surface area (Å²) in [4.78, 5) is 35.5. The van der Waals surface area contributed by atoms with Crippen LogP contribution in [0.5, 0.6) is 0 Å². The molecule has 1 atom stereocenters. The maximum Gasteiger partial charge on any atom is 0.407 e. The van der Waals surface area contributed by atoms with Crippen molar-refractivity contribution in [2.75, 3.05) is 24.7 Å². The first-order valence-corrected chi connectivity index (χ1v) is 12.7. The van der Waals surface area contributed by atoms with Crippen molar-refractivity contribution in [3.05, 3.63) is 59.7 Å². The minimum atomic E-state index is -1.02. The molecule has 3 N–H and O–H groups in total. The molecule has 0 fully saturated rings. The number of hydrogen-bond donors (Lipinski definition) is 3. The molecule has 0 bridgehead atoms. The summed E-state index contributed by atoms with van der Waals surface area (Å²) in [5.74, 6) is -0.302. The number of nitrogens with one attached hydrogen (secondary N) is 2. The minimum Gasteiger partial charge on any atom is -0.480 e. The minimum absolute atomic E-state index is 0.00842. The molecule has 0 aliphatic heterocycles. The van der Waals surface area contributed by atoms with Crippen LogP contribution in [-0.2, 0) is 14.3 Å². The van der Waals surface area contributed by atoms with Crippen molar-refractivity contribution in [2.45, 2.75) is 38.6 Å². The largest absolute Gasteiger partial charge is 0.480 e. The van der Waals surface area contributed by atoms with Crippen LogP contribution >= 0.6 is 11.8 Å². The number of rotatable bonds is 12. The van der Waals surface area contributed by atoms with Crippen LogP contribution in [0.25, 0.3) is 11.1 Å². The lowest BCUT2D eigenvalue weighted by atomic mass is 9.98. The van der Waals surface area contributed by atoms with E-state index in [1.807, 2.05) is 38.1 Å². The SMILES string of the molecule is CC(C)CCC(NC(=O)CSCCNC(=O)OCC1c2ccccc2-c2ccccc21)C(=O)O. The Balaban J connectivity index is 1.36. The van der Waals surface area contributed by atoms with E-state index in [4.69, 9.17) is 4.74 Å². The first kappa shape index (κ1) is 25.6. The molecule has 0 aromatic heterocycles. The van der Waals surface area contributed by atoms with Gasteiger partial charge in [-0.15, -0.1) is 0 Å². The van der Waals surface area contributed by atoms with Crippen molar-refractivity contribution >= 4 is 29.7 Å². The lowest BCUT2D eigenvalue weighted by Crippen LogP contribution is -2.42. The van der Waals surface area contributed by atoms with Gasteiger partial charge in [0, 0.05) is 18.2 Å². The molecule has 0 spiro atoms. The maximum absolute atomic E-state index is 12.2. The van der Waals surface area contributed by atoms with E-state index in [9.17, 15) is 19.5 Å². The van der Waals surface area contributed by atoms with Crippen molar-refractivity contribution in [1.82, 2.24) is 10.6 Å². The zero-order valence-electron chi connectivity index (χ0n) is 19.6. The van der Waals surface area contributed by atoms with Crippen LogP contribution in [0.4, 0.5) is 4.79 Å². The average Bonchev–Trinajstić information content (AvgIpc) is 3.13. The van der Waals surface area contributed by atoms with Crippen molar-refractivity contribution < 1.29 is 24.2 Å². The topological polar surface area (TPSA) is 105 Å². The summed E-state index contributed by atoms with van der Waals surface area (Å²) < 4.78 is 5.49. The van der Waals surface area contributed by atoms with Crippen molar-refractivity contribution in [3.8, 4) is 11.1 Å². The van der Waals surface area contributed by atoms with Gasteiger partial charge in [0.15, 0.2) is 0 Å². The first-order valence-electron chi connectivity index (χ1n) is 11.6. The van der Waals surface area contributed by atoms with Crippen molar-refractivity contribution in [2.24, 2.45) is 5.92 Å². The molecule has 182 valence electrons. The number of carboxylic acids is 1. The standard InChI is InChI=1S/C26H32N2O5S/c1-17(2)11-12-23(25(30)31)28-24(29)16-34-14-13-27-26(32)33-15-22-20-9-5-3-7-18(20)19-8-4-6-10-21(19)22/h3-10,17,22-23H,11-16H2,1-2H3,(H,27,32)(H,28,29)(H,30,31). The molecule has 2 aromatic rings. The van der Waals surface area contributed by atoms with Gasteiger partial charge in [0.2, 0.25) is 5.91 Å². The summed E-state index contributed by atoms with van der Waals surface area (Å²) in [5, 5.41) is 14.5. The van der Waals surface area contributed by atoms with Gasteiger partial charge in [-0.05, 0) is 41.0 Å². The first-order chi connectivity index (χ1) is 16.4. The van der Waals surface area contributed by atoms with Gasteiger partial charge in [-0.1, -0.05) is 62.4 Å². The van der Waals surface area contributed by atoms with E-state index in [-0.39, 0.29) is 24.2 Å². The zero-order valence-corrected chi connectivity index (χ0v) is 20.4. The molecule has 1 aliphatic carbocycles. The smallest absolute Gasteiger partial charge is 0.407 e. The van der Waals surface area contributed by atoms with E-state index in [1.54, 1.807) is 0 Å². The Bertz CT molecular complexity index is 965. The second kappa shape index (κ2) is 12.5. The maximum atomic E-state index is 12.2. The molecule has 2 aromatic carbocycles. The molecule has 34 heavy (non-hydrogen) atoms. The van der Waals surface area contributed by atoms with Crippen LogP contribution in [0.2, 0.25) is 0 Å². The molecule has 0 radical (unpaired) electrons. The molecule has 0 saturated heterocycles. The quantitative estimate of drug-likeness (QED) is 0.389. The van der Waals surface area contributed by atoms with Gasteiger partial charge in [0.05, 0.1) is 5.75 Å². The summed E-state index contributed by atoms with van der Waals surface area (Å²) in [5.41, 5.74) is 4.67. The fraction of sp³-hybridized carbons (Fsp3) is 0.423. The number of ether oxygens (including phenoxy) is 1. The highest BCUT2D eigenvalue weighted by Crippen LogP contribution is 2.44. The van der Waals surface area contributed by atoms with Gasteiger partial charge in [0.25, 0.3) is 0 Å². The molecule has 8 heteroatoms. The number of fused-ring (bicyclic) bond motifs is 3. The van der Waals surface area contributed by atoms with Crippen molar-refractivity contribution in [3.63, 3.8) is 0 Å². The molecular weight excluding hydrogens is 452 g/mol. The second-order valence-corrected chi connectivity index (χ2v) is 9.84. The van der Waals surface area contributed by atoms with Crippen LogP contribution < -0.4 is 10.6 Å². The van der Waals surface area contributed by atoms with Crippen molar-refractivity contribution in [1.29, 1.82) is 0 Å². The summed E-state index contributed by atoms with van der Waals surface area (Å²) in [7, 11) is 0. The fourth-order valence-corrected chi connectivity index (χ4v) is 4.69. The number of amides is 2. The molecule has 2 amide bonds. The second-order valence-electron chi connectivity index (χ2n) is 8.73. The molecule has 7 nitrogen and oxygen atoms in total. The molecule has 0 saturated carbocycles. The molecule has 3 rings (SSSR count). The Hall–Kier alpha value is -3.00. The third-order valence-electron chi connectivity index (χ3n) is 5.76. The van der Waals surface area contributed by atoms with Crippen LogP contribution in [0.15, 0.2) is 48.5 Å². The summed E-state index contributed by atoms with van der Waals surface area (Å²) in [6.45, 7) is 4.63. The predicted octanol–water partition coefficient (Wildman–Crippen LogP) is 4.26. The number of benzene rings is 2. The average molecular weight is 485 g/mol. The number of carboxylic acid groups (broad SMARTS) is 1. The van der Waals surface area contributed by atoms with Crippen LogP contribution in [0, 0.1) is 5.92 Å². The number of carbonyl (C=O) groups excluding carboxylic acids is 2. The summed E-state index contributed by atoms with van der Waals surface area (Å²) >= 11 is 1.33. The molecule has 0 heterocycles. The molecule has 1 aliphatic rings. The van der Waals surface area contributed by atoms with E-state index in [2.05, 4.69) is 34.9 Å². The molecule has 1 unspecified atom stereocenters. The Morgan fingerprint density at radius 3 is 2.21 bits per heavy atom. The number of alkyl carbamates (subject to hydrolysis) is 1. The van der Waals surface area contributed by atoms with Crippen LogP contribution in [0.1, 0.15) is 43.7 Å². The summed E-state index contributed by atoms with van der Waals surface area (Å²) in [6.07, 6.45) is 0.646. The highest BCUT2D eigenvalue weighted by atomic mass is 32.2. The van der Waals surface area contributed by atoms with E-state index in [0.717, 1.165) is 17.5 Å². The van der Waals surface area contributed by atoms with Gasteiger partial charge in [-0.3, -0.25) is 4.79 Å². The number of carbonyl (C=O) groups is 3. The highest BCUT2D eigenvalue weighted by molar-refractivity contribution is 7.99. The zero-order chi connectivity index (χ0) is 24.5.